The summed E-state index contributed by atoms with van der Waals surface area (Å²) in [6.07, 6.45) is 6.10. The van der Waals surface area contributed by atoms with Gasteiger partial charge in [0.15, 0.2) is 0 Å². The van der Waals surface area contributed by atoms with Crippen molar-refractivity contribution < 1.29 is 9.90 Å². The van der Waals surface area contributed by atoms with E-state index in [4.69, 9.17) is 0 Å². The fourth-order valence-electron chi connectivity index (χ4n) is 7.03. The molecular formula is C31H35N3O3. The van der Waals surface area contributed by atoms with Gasteiger partial charge in [-0.1, -0.05) is 67.8 Å². The summed E-state index contributed by atoms with van der Waals surface area (Å²) in [5.74, 6) is 0.287. The normalized spacial score (nSPS) is 25.5. The van der Waals surface area contributed by atoms with Crippen LogP contribution in [0.25, 0.3) is 11.1 Å². The standard InChI is InChI=1S/C31H35N3O3/c35-20-26-25-19-33-27(12-7-13-28(33)36)29(25)34(18-21-8-3-1-4-9-21)30(26)31(37)32-24-16-14-23(15-17-24)22-10-5-2-6-11-22/h2,5-7,10-17,21,25-26,29-30,35H,1,3-4,8-9,18-20H2,(H,32,37)/t25-,26-,29+,30-/m0/s1. The van der Waals surface area contributed by atoms with E-state index in [0.29, 0.717) is 12.5 Å². The molecule has 1 amide bonds. The molecule has 37 heavy (non-hydrogen) atoms. The Labute approximate surface area is 217 Å². The van der Waals surface area contributed by atoms with Crippen LogP contribution in [0.3, 0.4) is 0 Å². The van der Waals surface area contributed by atoms with Gasteiger partial charge in [0, 0.05) is 49.0 Å². The van der Waals surface area contributed by atoms with Crippen LogP contribution in [0.15, 0.2) is 77.6 Å². The molecule has 0 bridgehead atoms. The summed E-state index contributed by atoms with van der Waals surface area (Å²) in [5.41, 5.74) is 3.97. The van der Waals surface area contributed by atoms with Gasteiger partial charge in [-0.3, -0.25) is 14.5 Å². The maximum Gasteiger partial charge on any atom is 0.250 e. The predicted molar refractivity (Wildman–Crippen MR) is 145 cm³/mol. The Bertz CT molecular complexity index is 1300. The van der Waals surface area contributed by atoms with Crippen LogP contribution in [0.2, 0.25) is 0 Å². The molecule has 3 heterocycles. The van der Waals surface area contributed by atoms with Gasteiger partial charge in [0.25, 0.3) is 5.56 Å². The van der Waals surface area contributed by atoms with E-state index in [9.17, 15) is 14.7 Å². The molecule has 2 aliphatic heterocycles. The second kappa shape index (κ2) is 10.3. The third-order valence-corrected chi connectivity index (χ3v) is 8.79. The third kappa shape index (κ3) is 4.53. The van der Waals surface area contributed by atoms with Gasteiger partial charge in [-0.25, -0.2) is 0 Å². The Morgan fingerprint density at radius 2 is 1.62 bits per heavy atom. The third-order valence-electron chi connectivity index (χ3n) is 8.79. The number of aromatic nitrogens is 1. The van der Waals surface area contributed by atoms with E-state index in [2.05, 4.69) is 22.3 Å². The van der Waals surface area contributed by atoms with Crippen LogP contribution in [0.1, 0.15) is 43.8 Å². The molecule has 2 aromatic carbocycles. The lowest BCUT2D eigenvalue weighted by Gasteiger charge is -2.35. The van der Waals surface area contributed by atoms with Crippen molar-refractivity contribution in [1.82, 2.24) is 9.47 Å². The smallest absolute Gasteiger partial charge is 0.250 e. The van der Waals surface area contributed by atoms with Crippen LogP contribution in [0.5, 0.6) is 0 Å². The highest BCUT2D eigenvalue weighted by Crippen LogP contribution is 2.50. The number of benzene rings is 2. The van der Waals surface area contributed by atoms with Gasteiger partial charge in [-0.05, 0) is 48.1 Å². The second-order valence-electron chi connectivity index (χ2n) is 10.9. The Kier molecular flexibility index (Phi) is 6.70. The summed E-state index contributed by atoms with van der Waals surface area (Å²) < 4.78 is 1.85. The van der Waals surface area contributed by atoms with Crippen LogP contribution in [-0.2, 0) is 11.3 Å². The molecule has 6 nitrogen and oxygen atoms in total. The number of anilines is 1. The van der Waals surface area contributed by atoms with Crippen LogP contribution < -0.4 is 10.9 Å². The first kappa shape index (κ1) is 24.1. The van der Waals surface area contributed by atoms with E-state index < -0.39 is 6.04 Å². The number of hydrogen-bond acceptors (Lipinski definition) is 4. The number of nitrogens with zero attached hydrogens (tertiary/aromatic N) is 2. The number of rotatable bonds is 6. The first-order chi connectivity index (χ1) is 18.1. The molecule has 3 aliphatic rings. The van der Waals surface area contributed by atoms with Gasteiger partial charge in [0.05, 0.1) is 12.1 Å². The van der Waals surface area contributed by atoms with Gasteiger partial charge >= 0.3 is 0 Å². The van der Waals surface area contributed by atoms with Crippen molar-refractivity contribution in [1.29, 1.82) is 0 Å². The molecule has 2 fully saturated rings. The SMILES string of the molecule is O=C(Nc1ccc(-c2ccccc2)cc1)[C@@H]1[C@@H](CO)[C@@H]2Cn3c(cccc3=O)[C@@H]2N1CC1CCCCC1. The Morgan fingerprint density at radius 3 is 2.35 bits per heavy atom. The molecule has 2 N–H and O–H groups in total. The predicted octanol–water partition coefficient (Wildman–Crippen LogP) is 4.70. The van der Waals surface area contributed by atoms with Gasteiger partial charge < -0.3 is 15.0 Å². The molecule has 0 radical (unpaired) electrons. The Balaban J connectivity index is 1.29. The molecule has 1 saturated heterocycles. The lowest BCUT2D eigenvalue weighted by Crippen LogP contribution is -2.47. The maximum atomic E-state index is 13.9. The lowest BCUT2D eigenvalue weighted by molar-refractivity contribution is -0.122. The first-order valence-electron chi connectivity index (χ1n) is 13.7. The number of amides is 1. The molecule has 1 saturated carbocycles. The number of carbonyl (C=O) groups excluding carboxylic acids is 1. The van der Waals surface area contributed by atoms with E-state index >= 15 is 0 Å². The highest BCUT2D eigenvalue weighted by Gasteiger charge is 2.55. The summed E-state index contributed by atoms with van der Waals surface area (Å²) in [7, 11) is 0. The fourth-order valence-corrected chi connectivity index (χ4v) is 7.03. The van der Waals surface area contributed by atoms with Crippen molar-refractivity contribution in [2.24, 2.45) is 17.8 Å². The minimum absolute atomic E-state index is 0.000661. The lowest BCUT2D eigenvalue weighted by atomic mass is 9.88. The van der Waals surface area contributed by atoms with Crippen molar-refractivity contribution in [3.05, 3.63) is 88.8 Å². The molecule has 6 heteroatoms. The largest absolute Gasteiger partial charge is 0.396 e. The highest BCUT2D eigenvalue weighted by molar-refractivity contribution is 5.95. The van der Waals surface area contributed by atoms with Crippen molar-refractivity contribution in [2.45, 2.75) is 50.7 Å². The van der Waals surface area contributed by atoms with Crippen molar-refractivity contribution in [3.8, 4) is 11.1 Å². The number of likely N-dealkylation sites (tertiary alicyclic amines) is 1. The minimum Gasteiger partial charge on any atom is -0.396 e. The zero-order valence-electron chi connectivity index (χ0n) is 21.1. The zero-order chi connectivity index (χ0) is 25.4. The zero-order valence-corrected chi connectivity index (χ0v) is 21.1. The molecule has 0 unspecified atom stereocenters. The van der Waals surface area contributed by atoms with Crippen LogP contribution in [0.4, 0.5) is 5.69 Å². The number of aliphatic hydroxyl groups is 1. The molecule has 6 rings (SSSR count). The van der Waals surface area contributed by atoms with E-state index in [1.807, 2.05) is 59.2 Å². The van der Waals surface area contributed by atoms with E-state index in [0.717, 1.165) is 29.1 Å². The number of hydrogen-bond donors (Lipinski definition) is 2. The van der Waals surface area contributed by atoms with Gasteiger partial charge in [0.1, 0.15) is 0 Å². The van der Waals surface area contributed by atoms with Crippen molar-refractivity contribution >= 4 is 11.6 Å². The van der Waals surface area contributed by atoms with Crippen molar-refractivity contribution in [3.63, 3.8) is 0 Å². The first-order valence-corrected chi connectivity index (χ1v) is 13.7. The molecule has 4 atom stereocenters. The number of fused-ring (bicyclic) bond motifs is 3. The molecule has 3 aromatic rings. The van der Waals surface area contributed by atoms with Gasteiger partial charge in [-0.15, -0.1) is 0 Å². The molecule has 1 aromatic heterocycles. The molecule has 1 aliphatic carbocycles. The monoisotopic (exact) mass is 497 g/mol. The van der Waals surface area contributed by atoms with Crippen LogP contribution in [0, 0.1) is 17.8 Å². The summed E-state index contributed by atoms with van der Waals surface area (Å²) >= 11 is 0. The molecular weight excluding hydrogens is 462 g/mol. The summed E-state index contributed by atoms with van der Waals surface area (Å²) in [6, 6.07) is 23.1. The van der Waals surface area contributed by atoms with E-state index in [1.165, 1.54) is 32.1 Å². The molecule has 0 spiro atoms. The average molecular weight is 498 g/mol. The Hall–Kier alpha value is -3.22. The van der Waals surface area contributed by atoms with E-state index in [-0.39, 0.29) is 36.0 Å². The Morgan fingerprint density at radius 1 is 0.892 bits per heavy atom. The number of pyridine rings is 1. The topological polar surface area (TPSA) is 74.6 Å². The maximum absolute atomic E-state index is 13.9. The number of carbonyl (C=O) groups is 1. The quantitative estimate of drug-likeness (QED) is 0.518. The number of nitrogens with one attached hydrogen (secondary N) is 1. The summed E-state index contributed by atoms with van der Waals surface area (Å²) in [4.78, 5) is 28.8. The summed E-state index contributed by atoms with van der Waals surface area (Å²) in [5, 5.41) is 13.7. The van der Waals surface area contributed by atoms with Gasteiger partial charge in [0.2, 0.25) is 5.91 Å². The summed E-state index contributed by atoms with van der Waals surface area (Å²) in [6.45, 7) is 1.31. The second-order valence-corrected chi connectivity index (χ2v) is 10.9. The van der Waals surface area contributed by atoms with Crippen LogP contribution in [-0.4, -0.2) is 39.7 Å². The minimum atomic E-state index is -0.431. The van der Waals surface area contributed by atoms with Gasteiger partial charge in [-0.2, -0.15) is 0 Å². The highest BCUT2D eigenvalue weighted by atomic mass is 16.3. The van der Waals surface area contributed by atoms with E-state index in [1.54, 1.807) is 6.07 Å². The van der Waals surface area contributed by atoms with Crippen molar-refractivity contribution in [2.75, 3.05) is 18.5 Å². The fraction of sp³-hybridized carbons (Fsp3) is 0.419. The number of aliphatic hydroxyl groups excluding tert-OH is 1. The molecule has 192 valence electrons. The van der Waals surface area contributed by atoms with Crippen LogP contribution >= 0.6 is 0 Å². The average Bonchev–Trinajstić information content (AvgIpc) is 3.46.